The van der Waals surface area contributed by atoms with Gasteiger partial charge in [-0.05, 0) is 6.08 Å². The molecule has 0 atom stereocenters. The van der Waals surface area contributed by atoms with Crippen molar-refractivity contribution in [1.82, 2.24) is 4.90 Å². The number of nitrogens with zero attached hydrogens (tertiary/aromatic N) is 1. The first-order valence-electron chi connectivity index (χ1n) is 3.87. The predicted octanol–water partition coefficient (Wildman–Crippen LogP) is 1.43. The van der Waals surface area contributed by atoms with E-state index in [1.54, 1.807) is 6.92 Å². The Morgan fingerprint density at radius 2 is 2.18 bits per heavy atom. The maximum Gasteiger partial charge on any atom is 0.175 e. The highest BCUT2D eigenvalue weighted by atomic mass is 16.1. The highest BCUT2D eigenvalue weighted by molar-refractivity contribution is 5.93. The van der Waals surface area contributed by atoms with E-state index in [0.717, 1.165) is 12.2 Å². The number of ketones is 1. The average Bonchev–Trinajstić information content (AvgIpc) is 2.05. The summed E-state index contributed by atoms with van der Waals surface area (Å²) in [5, 5.41) is 0. The van der Waals surface area contributed by atoms with Crippen LogP contribution in [0.15, 0.2) is 11.8 Å². The molecule has 0 aliphatic carbocycles. The lowest BCUT2D eigenvalue weighted by Gasteiger charge is -2.18. The molecule has 0 unspecified atom stereocenters. The van der Waals surface area contributed by atoms with Gasteiger partial charge in [-0.15, -0.1) is 0 Å². The number of carbonyl (C=O) groups is 1. The summed E-state index contributed by atoms with van der Waals surface area (Å²) in [5.41, 5.74) is 1.02. The van der Waals surface area contributed by atoms with Crippen LogP contribution in [0.1, 0.15) is 20.8 Å². The third-order valence-electron chi connectivity index (χ3n) is 1.94. The molecule has 0 aromatic carbocycles. The zero-order valence-corrected chi connectivity index (χ0v) is 7.64. The Hall–Kier alpha value is -0.790. The predicted molar refractivity (Wildman–Crippen MR) is 45.2 cm³/mol. The fourth-order valence-electron chi connectivity index (χ4n) is 1.59. The lowest BCUT2D eigenvalue weighted by molar-refractivity contribution is -0.114. The summed E-state index contributed by atoms with van der Waals surface area (Å²) in [4.78, 5) is 13.1. The van der Waals surface area contributed by atoms with Crippen molar-refractivity contribution in [3.05, 3.63) is 11.8 Å². The highest BCUT2D eigenvalue weighted by Crippen LogP contribution is 2.29. The number of hydrogen-bond acceptors (Lipinski definition) is 2. The highest BCUT2D eigenvalue weighted by Gasteiger charge is 2.28. The topological polar surface area (TPSA) is 20.3 Å². The van der Waals surface area contributed by atoms with Crippen molar-refractivity contribution in [3.8, 4) is 0 Å². The second kappa shape index (κ2) is 2.36. The van der Waals surface area contributed by atoms with E-state index in [-0.39, 0.29) is 11.2 Å². The molecule has 0 fully saturated rings. The molecule has 62 valence electrons. The molecule has 11 heavy (non-hydrogen) atoms. The van der Waals surface area contributed by atoms with Crippen molar-refractivity contribution in [2.45, 2.75) is 20.8 Å². The summed E-state index contributed by atoms with van der Waals surface area (Å²) in [5.74, 6) is 0.165. The number of rotatable bonds is 1. The van der Waals surface area contributed by atoms with Crippen LogP contribution in [-0.4, -0.2) is 24.3 Å². The Balaban J connectivity index is 2.88. The van der Waals surface area contributed by atoms with Crippen LogP contribution < -0.4 is 0 Å². The summed E-state index contributed by atoms with van der Waals surface area (Å²) in [6.07, 6.45) is 2.05. The van der Waals surface area contributed by atoms with Crippen LogP contribution in [0.2, 0.25) is 0 Å². The minimum atomic E-state index is 0.162. The molecular formula is C9H15NO. The van der Waals surface area contributed by atoms with E-state index in [1.807, 2.05) is 11.9 Å². The number of likely N-dealkylation sites (N-methyl/N-ethyl adjacent to an activating group) is 1. The summed E-state index contributed by atoms with van der Waals surface area (Å²) in [6, 6.07) is 0. The number of hydrogen-bond donors (Lipinski definition) is 0. The van der Waals surface area contributed by atoms with Gasteiger partial charge in [0.15, 0.2) is 5.78 Å². The van der Waals surface area contributed by atoms with Gasteiger partial charge in [0.25, 0.3) is 0 Å². The fraction of sp³-hybridized carbons (Fsp3) is 0.667. The number of allylic oxidation sites excluding steroid dienone is 1. The zero-order valence-electron chi connectivity index (χ0n) is 7.64. The van der Waals surface area contributed by atoms with E-state index in [9.17, 15) is 4.79 Å². The summed E-state index contributed by atoms with van der Waals surface area (Å²) < 4.78 is 0. The average molecular weight is 153 g/mol. The molecular weight excluding hydrogens is 138 g/mol. The maximum atomic E-state index is 11.0. The van der Waals surface area contributed by atoms with Crippen LogP contribution in [0.4, 0.5) is 0 Å². The minimum absolute atomic E-state index is 0.162. The van der Waals surface area contributed by atoms with Crippen LogP contribution >= 0.6 is 0 Å². The Bertz CT molecular complexity index is 216. The summed E-state index contributed by atoms with van der Waals surface area (Å²) in [6.45, 7) is 6.84. The maximum absolute atomic E-state index is 11.0. The van der Waals surface area contributed by atoms with E-state index in [2.05, 4.69) is 19.9 Å². The second-order valence-electron chi connectivity index (χ2n) is 3.93. The Kier molecular flexibility index (Phi) is 1.78. The quantitative estimate of drug-likeness (QED) is 0.568. The van der Waals surface area contributed by atoms with Gasteiger partial charge in [-0.2, -0.15) is 0 Å². The number of carbonyl (C=O) groups excluding carboxylic acids is 1. The molecule has 0 saturated heterocycles. The van der Waals surface area contributed by atoms with E-state index < -0.39 is 0 Å². The summed E-state index contributed by atoms with van der Waals surface area (Å²) >= 11 is 0. The molecule has 0 amide bonds. The monoisotopic (exact) mass is 153 g/mol. The van der Waals surface area contributed by atoms with Crippen molar-refractivity contribution < 1.29 is 4.79 Å². The molecule has 0 saturated carbocycles. The van der Waals surface area contributed by atoms with Crippen LogP contribution in [0.5, 0.6) is 0 Å². The van der Waals surface area contributed by atoms with Crippen molar-refractivity contribution in [2.24, 2.45) is 5.41 Å². The molecule has 0 spiro atoms. The minimum Gasteiger partial charge on any atom is -0.371 e. The third kappa shape index (κ3) is 1.62. The third-order valence-corrected chi connectivity index (χ3v) is 1.94. The first-order chi connectivity index (χ1) is 4.92. The number of Topliss-reactive ketones (excluding diaryl/α,β-unsaturated/α-hetero) is 1. The lowest BCUT2D eigenvalue weighted by atomic mass is 9.95. The van der Waals surface area contributed by atoms with Gasteiger partial charge in [-0.3, -0.25) is 4.79 Å². The zero-order chi connectivity index (χ0) is 8.65. The van der Waals surface area contributed by atoms with E-state index in [1.165, 1.54) is 0 Å². The molecule has 2 heteroatoms. The molecule has 1 aliphatic heterocycles. The standard InChI is InChI=1S/C9H15NO/c1-7(11)8-5-9(2,3)6-10(8)4/h5H,6H2,1-4H3. The first kappa shape index (κ1) is 8.31. The van der Waals surface area contributed by atoms with Gasteiger partial charge in [0.2, 0.25) is 0 Å². The fourth-order valence-corrected chi connectivity index (χ4v) is 1.59. The smallest absolute Gasteiger partial charge is 0.175 e. The molecule has 0 aromatic rings. The SMILES string of the molecule is CC(=O)C1=CC(C)(C)CN1C. The van der Waals surface area contributed by atoms with Crippen molar-refractivity contribution in [3.63, 3.8) is 0 Å². The van der Waals surface area contributed by atoms with E-state index in [0.29, 0.717) is 0 Å². The molecule has 1 rings (SSSR count). The molecule has 1 heterocycles. The van der Waals surface area contributed by atoms with Gasteiger partial charge in [0, 0.05) is 25.9 Å². The van der Waals surface area contributed by atoms with Gasteiger partial charge in [0.05, 0.1) is 5.70 Å². The largest absolute Gasteiger partial charge is 0.371 e. The Labute approximate surface area is 67.9 Å². The Morgan fingerprint density at radius 1 is 1.64 bits per heavy atom. The van der Waals surface area contributed by atoms with Gasteiger partial charge >= 0.3 is 0 Å². The molecule has 1 aliphatic rings. The van der Waals surface area contributed by atoms with Gasteiger partial charge in [0.1, 0.15) is 0 Å². The molecule has 0 N–H and O–H groups in total. The second-order valence-corrected chi connectivity index (χ2v) is 3.93. The van der Waals surface area contributed by atoms with Gasteiger partial charge in [-0.1, -0.05) is 13.8 Å². The molecule has 0 radical (unpaired) electrons. The van der Waals surface area contributed by atoms with Crippen molar-refractivity contribution in [1.29, 1.82) is 0 Å². The van der Waals surface area contributed by atoms with Crippen LogP contribution in [-0.2, 0) is 4.79 Å². The molecule has 0 bridgehead atoms. The van der Waals surface area contributed by atoms with Gasteiger partial charge in [-0.25, -0.2) is 0 Å². The van der Waals surface area contributed by atoms with Crippen LogP contribution in [0.3, 0.4) is 0 Å². The van der Waals surface area contributed by atoms with Crippen LogP contribution in [0, 0.1) is 5.41 Å². The molecule has 2 nitrogen and oxygen atoms in total. The van der Waals surface area contributed by atoms with E-state index >= 15 is 0 Å². The van der Waals surface area contributed by atoms with E-state index in [4.69, 9.17) is 0 Å². The lowest BCUT2D eigenvalue weighted by Crippen LogP contribution is -2.22. The summed E-state index contributed by atoms with van der Waals surface area (Å²) in [7, 11) is 1.96. The molecule has 0 aromatic heterocycles. The Morgan fingerprint density at radius 3 is 2.36 bits per heavy atom. The van der Waals surface area contributed by atoms with Gasteiger partial charge < -0.3 is 4.90 Å². The normalized spacial score (nSPS) is 21.8. The van der Waals surface area contributed by atoms with Crippen LogP contribution in [0.25, 0.3) is 0 Å². The first-order valence-corrected chi connectivity index (χ1v) is 3.87. The van der Waals surface area contributed by atoms with Crippen molar-refractivity contribution >= 4 is 5.78 Å². The van der Waals surface area contributed by atoms with Crippen molar-refractivity contribution in [2.75, 3.05) is 13.6 Å².